The van der Waals surface area contributed by atoms with Gasteiger partial charge in [0.05, 0.1) is 10.5 Å². The molecule has 0 saturated carbocycles. The molecule has 1 amide bonds. The van der Waals surface area contributed by atoms with Gasteiger partial charge in [0.1, 0.15) is 0 Å². The zero-order valence-corrected chi connectivity index (χ0v) is 19.9. The molecular formula is C22H36N2O3S2. The third-order valence-electron chi connectivity index (χ3n) is 5.89. The fourth-order valence-corrected chi connectivity index (χ4v) is 5.37. The molecule has 1 heterocycles. The number of carbonyl (C=O) groups is 1. The van der Waals surface area contributed by atoms with Gasteiger partial charge in [-0.15, -0.1) is 11.8 Å². The minimum Gasteiger partial charge on any atom is -0.339 e. The van der Waals surface area contributed by atoms with E-state index in [9.17, 15) is 13.2 Å². The number of thioether (sulfide) groups is 1. The van der Waals surface area contributed by atoms with Crippen LogP contribution in [0.3, 0.4) is 0 Å². The molecular weight excluding hydrogens is 404 g/mol. The highest BCUT2D eigenvalue weighted by atomic mass is 32.2. The lowest BCUT2D eigenvalue weighted by Crippen LogP contribution is -2.38. The summed E-state index contributed by atoms with van der Waals surface area (Å²) in [6.45, 7) is 8.36. The predicted molar refractivity (Wildman–Crippen MR) is 121 cm³/mol. The summed E-state index contributed by atoms with van der Waals surface area (Å²) in [5.41, 5.74) is 0.493. The molecule has 0 radical (unpaired) electrons. The van der Waals surface area contributed by atoms with E-state index < -0.39 is 10.0 Å². The summed E-state index contributed by atoms with van der Waals surface area (Å²) < 4.78 is 28.5. The first-order chi connectivity index (χ1) is 13.8. The van der Waals surface area contributed by atoms with E-state index in [4.69, 9.17) is 0 Å². The lowest BCUT2D eigenvalue weighted by Gasteiger charge is -2.30. The summed E-state index contributed by atoms with van der Waals surface area (Å²) in [4.78, 5) is 15.9. The molecule has 29 heavy (non-hydrogen) atoms. The van der Waals surface area contributed by atoms with Gasteiger partial charge >= 0.3 is 0 Å². The van der Waals surface area contributed by atoms with E-state index in [0.29, 0.717) is 23.9 Å². The Labute approximate surface area is 181 Å². The molecule has 1 fully saturated rings. The summed E-state index contributed by atoms with van der Waals surface area (Å²) in [5, 5.41) is 0. The monoisotopic (exact) mass is 440 g/mol. The molecule has 1 aliphatic rings. The first-order valence-corrected chi connectivity index (χ1v) is 13.5. The number of nitrogens with zero attached hydrogens (tertiary/aromatic N) is 1. The lowest BCUT2D eigenvalue weighted by molar-refractivity contribution is 0.0693. The van der Waals surface area contributed by atoms with Crippen molar-refractivity contribution >= 4 is 27.7 Å². The number of likely N-dealkylation sites (tertiary alicyclic amines) is 1. The number of hydrogen-bond donors (Lipinski definition) is 1. The Morgan fingerprint density at radius 2 is 1.97 bits per heavy atom. The van der Waals surface area contributed by atoms with Gasteiger partial charge in [0.25, 0.3) is 5.91 Å². The fraction of sp³-hybridized carbons (Fsp3) is 0.682. The van der Waals surface area contributed by atoms with Crippen LogP contribution in [0.5, 0.6) is 0 Å². The van der Waals surface area contributed by atoms with Gasteiger partial charge in [-0.3, -0.25) is 4.79 Å². The minimum absolute atomic E-state index is 0.0623. The molecule has 0 unspecified atom stereocenters. The van der Waals surface area contributed by atoms with Crippen LogP contribution in [-0.2, 0) is 10.0 Å². The molecule has 1 N–H and O–H groups in total. The van der Waals surface area contributed by atoms with Gasteiger partial charge in [-0.05, 0) is 55.6 Å². The van der Waals surface area contributed by atoms with Gasteiger partial charge in [0, 0.05) is 24.5 Å². The van der Waals surface area contributed by atoms with Crippen LogP contribution < -0.4 is 4.72 Å². The van der Waals surface area contributed by atoms with Crippen molar-refractivity contribution in [1.29, 1.82) is 0 Å². The number of carbonyl (C=O) groups excluding carboxylic acids is 1. The fourth-order valence-electron chi connectivity index (χ4n) is 3.66. The van der Waals surface area contributed by atoms with E-state index >= 15 is 0 Å². The number of rotatable bonds is 10. The largest absolute Gasteiger partial charge is 0.339 e. The van der Waals surface area contributed by atoms with Crippen LogP contribution in [0.15, 0.2) is 28.0 Å². The number of nitrogens with one attached hydrogen (secondary N) is 1. The molecule has 0 aliphatic carbocycles. The molecule has 1 aromatic carbocycles. The smallest absolute Gasteiger partial charge is 0.255 e. The molecule has 1 aliphatic heterocycles. The highest BCUT2D eigenvalue weighted by molar-refractivity contribution is 7.98. The zero-order valence-electron chi connectivity index (χ0n) is 18.2. The first kappa shape index (κ1) is 24.2. The average Bonchev–Trinajstić information content (AvgIpc) is 2.73. The Morgan fingerprint density at radius 1 is 1.28 bits per heavy atom. The Hall–Kier alpha value is -1.05. The van der Waals surface area contributed by atoms with Crippen LogP contribution in [0, 0.1) is 11.8 Å². The molecule has 1 aromatic rings. The molecule has 0 spiro atoms. The van der Waals surface area contributed by atoms with Gasteiger partial charge in [-0.1, -0.05) is 40.0 Å². The highest BCUT2D eigenvalue weighted by Crippen LogP contribution is 2.27. The van der Waals surface area contributed by atoms with Crippen LogP contribution in [0.4, 0.5) is 0 Å². The Kier molecular flexibility index (Phi) is 9.50. The quantitative estimate of drug-likeness (QED) is 0.532. The van der Waals surface area contributed by atoms with Gasteiger partial charge in [0.2, 0.25) is 10.0 Å². The average molecular weight is 441 g/mol. The predicted octanol–water partition coefficient (Wildman–Crippen LogP) is 4.78. The number of sulfonamides is 1. The maximum absolute atomic E-state index is 13.1. The normalized spacial score (nSPS) is 16.8. The van der Waals surface area contributed by atoms with Crippen molar-refractivity contribution < 1.29 is 13.2 Å². The Bertz CT molecular complexity index is 772. The molecule has 1 atom stereocenters. The highest BCUT2D eigenvalue weighted by Gasteiger charge is 2.25. The van der Waals surface area contributed by atoms with Crippen LogP contribution in [0.1, 0.15) is 69.7 Å². The van der Waals surface area contributed by atoms with Crippen LogP contribution in [0.2, 0.25) is 0 Å². The molecule has 0 bridgehead atoms. The second-order valence-electron chi connectivity index (χ2n) is 8.11. The third kappa shape index (κ3) is 6.72. The van der Waals surface area contributed by atoms with Crippen LogP contribution >= 0.6 is 11.8 Å². The van der Waals surface area contributed by atoms with E-state index in [1.807, 2.05) is 11.2 Å². The van der Waals surface area contributed by atoms with Crippen molar-refractivity contribution in [3.05, 3.63) is 23.8 Å². The molecule has 7 heteroatoms. The van der Waals surface area contributed by atoms with Gasteiger partial charge in [0.15, 0.2) is 0 Å². The van der Waals surface area contributed by atoms with E-state index in [-0.39, 0.29) is 10.8 Å². The maximum Gasteiger partial charge on any atom is 0.255 e. The number of piperidine rings is 1. The second kappa shape index (κ2) is 11.4. The van der Waals surface area contributed by atoms with E-state index in [1.54, 1.807) is 18.2 Å². The minimum atomic E-state index is -3.64. The van der Waals surface area contributed by atoms with Crippen LogP contribution in [-0.4, -0.2) is 45.1 Å². The van der Waals surface area contributed by atoms with Crippen molar-refractivity contribution in [2.45, 2.75) is 69.1 Å². The van der Waals surface area contributed by atoms with Crippen molar-refractivity contribution in [2.24, 2.45) is 11.8 Å². The SMILES string of the molecule is CCCC[C@H](CC)CNS(=O)(=O)c1ccc(SC)c(C(=O)N2CCC(C)CC2)c1. The Morgan fingerprint density at radius 3 is 2.55 bits per heavy atom. The molecule has 0 aromatic heterocycles. The zero-order chi connectivity index (χ0) is 21.4. The number of hydrogen-bond acceptors (Lipinski definition) is 4. The maximum atomic E-state index is 13.1. The topological polar surface area (TPSA) is 66.5 Å². The number of benzene rings is 1. The van der Waals surface area contributed by atoms with E-state index in [2.05, 4.69) is 25.5 Å². The number of unbranched alkanes of at least 4 members (excludes halogenated alkanes) is 1. The van der Waals surface area contributed by atoms with Gasteiger partial charge in [-0.2, -0.15) is 0 Å². The first-order valence-electron chi connectivity index (χ1n) is 10.8. The molecule has 5 nitrogen and oxygen atoms in total. The van der Waals surface area contributed by atoms with Crippen molar-refractivity contribution in [3.8, 4) is 0 Å². The van der Waals surface area contributed by atoms with E-state index in [0.717, 1.165) is 56.5 Å². The second-order valence-corrected chi connectivity index (χ2v) is 10.7. The summed E-state index contributed by atoms with van der Waals surface area (Å²) in [5.74, 6) is 0.911. The summed E-state index contributed by atoms with van der Waals surface area (Å²) in [6.07, 6.45) is 8.10. The van der Waals surface area contributed by atoms with Gasteiger partial charge in [-0.25, -0.2) is 13.1 Å². The molecule has 2 rings (SSSR count). The Balaban J connectivity index is 2.18. The standard InChI is InChI=1S/C22H36N2O3S2/c1-5-7-8-18(6-2)16-23-29(26,27)19-9-10-21(28-4)20(15-19)22(25)24-13-11-17(3)12-14-24/h9-10,15,17-18,23H,5-8,11-14,16H2,1-4H3/t18-/m0/s1. The molecule has 1 saturated heterocycles. The summed E-state index contributed by atoms with van der Waals surface area (Å²) in [7, 11) is -3.64. The van der Waals surface area contributed by atoms with Crippen molar-refractivity contribution in [1.82, 2.24) is 9.62 Å². The van der Waals surface area contributed by atoms with Crippen molar-refractivity contribution in [3.63, 3.8) is 0 Å². The summed E-state index contributed by atoms with van der Waals surface area (Å²) in [6, 6.07) is 4.92. The lowest BCUT2D eigenvalue weighted by atomic mass is 9.98. The van der Waals surface area contributed by atoms with E-state index in [1.165, 1.54) is 11.8 Å². The van der Waals surface area contributed by atoms with Gasteiger partial charge < -0.3 is 4.90 Å². The molecule has 164 valence electrons. The van der Waals surface area contributed by atoms with Crippen LogP contribution in [0.25, 0.3) is 0 Å². The number of amides is 1. The third-order valence-corrected chi connectivity index (χ3v) is 8.10. The van der Waals surface area contributed by atoms with Crippen molar-refractivity contribution in [2.75, 3.05) is 25.9 Å². The summed E-state index contributed by atoms with van der Waals surface area (Å²) >= 11 is 1.48.